The lowest BCUT2D eigenvalue weighted by atomic mass is 9.84. The molecular weight excluding hydrogens is 472 g/mol. The summed E-state index contributed by atoms with van der Waals surface area (Å²) in [6, 6.07) is 6.08. The molecule has 1 aromatic carbocycles. The standard InChI is InChI=1S/C25H30N4O5.ClH/c30-22-8-6-20(23(31)26-22)17-3-7-21-18(13-17)14-29(27-21)19-4-1-15(2-5-19)24(32)28-11-9-16(10-12-28)25(33)34;/h3,7,13-16,19-20H,1-2,4-6,8-12H2,(H,33,34)(H,26,30,31);1H/t15-,19-,20-;/m0./s1. The molecule has 3 amide bonds. The molecule has 2 saturated heterocycles. The summed E-state index contributed by atoms with van der Waals surface area (Å²) in [5, 5.41) is 17.3. The molecule has 10 heteroatoms. The average molecular weight is 503 g/mol. The van der Waals surface area contributed by atoms with Gasteiger partial charge in [-0.15, -0.1) is 12.4 Å². The first-order valence-electron chi connectivity index (χ1n) is 12.2. The number of carboxylic acid groups (broad SMARTS) is 1. The Labute approximate surface area is 209 Å². The molecule has 1 aromatic heterocycles. The molecular formula is C25H31ClN4O5. The molecule has 0 unspecified atom stereocenters. The molecule has 2 aromatic rings. The second kappa shape index (κ2) is 10.4. The number of benzene rings is 1. The molecule has 3 aliphatic rings. The first-order chi connectivity index (χ1) is 16.4. The summed E-state index contributed by atoms with van der Waals surface area (Å²) in [6.07, 6.45) is 7.33. The Bertz CT molecular complexity index is 1130. The van der Waals surface area contributed by atoms with Gasteiger partial charge in [-0.3, -0.25) is 29.2 Å². The Kier molecular flexibility index (Phi) is 7.44. The number of aromatic nitrogens is 2. The van der Waals surface area contributed by atoms with Gasteiger partial charge in [-0.1, -0.05) is 6.07 Å². The van der Waals surface area contributed by atoms with E-state index in [1.165, 1.54) is 0 Å². The van der Waals surface area contributed by atoms with Crippen molar-refractivity contribution in [3.05, 3.63) is 30.0 Å². The Morgan fingerprint density at radius 2 is 1.69 bits per heavy atom. The topological polar surface area (TPSA) is 122 Å². The lowest BCUT2D eigenvalue weighted by molar-refractivity contribution is -0.147. The highest BCUT2D eigenvalue weighted by Crippen LogP contribution is 2.35. The van der Waals surface area contributed by atoms with Crippen molar-refractivity contribution in [2.45, 2.75) is 63.3 Å². The van der Waals surface area contributed by atoms with Crippen LogP contribution in [0.25, 0.3) is 10.9 Å². The van der Waals surface area contributed by atoms with E-state index in [-0.39, 0.29) is 53.9 Å². The van der Waals surface area contributed by atoms with E-state index in [9.17, 15) is 19.2 Å². The minimum absolute atomic E-state index is 0. The summed E-state index contributed by atoms with van der Waals surface area (Å²) >= 11 is 0. The van der Waals surface area contributed by atoms with E-state index in [1.54, 1.807) is 0 Å². The Morgan fingerprint density at radius 3 is 2.34 bits per heavy atom. The molecule has 0 bridgehead atoms. The minimum atomic E-state index is -0.761. The third-order valence-corrected chi connectivity index (χ3v) is 7.76. The number of fused-ring (bicyclic) bond motifs is 1. The summed E-state index contributed by atoms with van der Waals surface area (Å²) in [6.45, 7) is 1.07. The molecule has 9 nitrogen and oxygen atoms in total. The van der Waals surface area contributed by atoms with Gasteiger partial charge in [0.1, 0.15) is 0 Å². The summed E-state index contributed by atoms with van der Waals surface area (Å²) in [4.78, 5) is 49.6. The molecule has 2 N–H and O–H groups in total. The fourth-order valence-corrected chi connectivity index (χ4v) is 5.67. The van der Waals surface area contributed by atoms with E-state index >= 15 is 0 Å². The number of nitrogens with one attached hydrogen (secondary N) is 1. The molecule has 5 rings (SSSR count). The predicted molar refractivity (Wildman–Crippen MR) is 130 cm³/mol. The van der Waals surface area contributed by atoms with Crippen LogP contribution in [-0.4, -0.2) is 56.6 Å². The molecule has 3 fully saturated rings. The van der Waals surface area contributed by atoms with Gasteiger partial charge in [-0.05, 0) is 62.6 Å². The maximum Gasteiger partial charge on any atom is 0.306 e. The maximum absolute atomic E-state index is 13.0. The first kappa shape index (κ1) is 25.2. The van der Waals surface area contributed by atoms with E-state index in [2.05, 4.69) is 5.32 Å². The highest BCUT2D eigenvalue weighted by Gasteiger charge is 2.34. The van der Waals surface area contributed by atoms with Crippen LogP contribution in [0, 0.1) is 11.8 Å². The van der Waals surface area contributed by atoms with Gasteiger partial charge in [-0.25, -0.2) is 0 Å². The number of carboxylic acids is 1. The van der Waals surface area contributed by atoms with Crippen LogP contribution in [0.4, 0.5) is 0 Å². The second-order valence-corrected chi connectivity index (χ2v) is 9.87. The van der Waals surface area contributed by atoms with Crippen molar-refractivity contribution >= 4 is 47.0 Å². The van der Waals surface area contributed by atoms with Crippen molar-refractivity contribution in [2.75, 3.05) is 13.1 Å². The number of piperidine rings is 2. The van der Waals surface area contributed by atoms with Gasteiger partial charge < -0.3 is 10.0 Å². The number of aliphatic carboxylic acids is 1. The van der Waals surface area contributed by atoms with Crippen molar-refractivity contribution in [3.8, 4) is 0 Å². The fraction of sp³-hybridized carbons (Fsp3) is 0.560. The third-order valence-electron chi connectivity index (χ3n) is 7.76. The van der Waals surface area contributed by atoms with Crippen molar-refractivity contribution in [1.29, 1.82) is 0 Å². The zero-order valence-electron chi connectivity index (χ0n) is 19.5. The van der Waals surface area contributed by atoms with Crippen LogP contribution in [0.5, 0.6) is 0 Å². The van der Waals surface area contributed by atoms with Crippen molar-refractivity contribution in [2.24, 2.45) is 11.8 Å². The maximum atomic E-state index is 13.0. The van der Waals surface area contributed by atoms with Gasteiger partial charge in [0, 0.05) is 37.0 Å². The summed E-state index contributed by atoms with van der Waals surface area (Å²) in [5.41, 5.74) is 1.77. The number of rotatable bonds is 4. The smallest absolute Gasteiger partial charge is 0.306 e. The molecule has 2 aliphatic heterocycles. The number of carbonyl (C=O) groups excluding carboxylic acids is 3. The molecule has 0 spiro atoms. The Morgan fingerprint density at radius 1 is 0.971 bits per heavy atom. The number of imide groups is 1. The fourth-order valence-electron chi connectivity index (χ4n) is 5.67. The molecule has 0 radical (unpaired) electrons. The lowest BCUT2D eigenvalue weighted by Gasteiger charge is -2.35. The van der Waals surface area contributed by atoms with E-state index < -0.39 is 5.97 Å². The highest BCUT2D eigenvalue weighted by molar-refractivity contribution is 6.01. The highest BCUT2D eigenvalue weighted by atomic mass is 35.5. The van der Waals surface area contributed by atoms with Crippen LogP contribution >= 0.6 is 12.4 Å². The zero-order chi connectivity index (χ0) is 23.8. The largest absolute Gasteiger partial charge is 0.481 e. The van der Waals surface area contributed by atoms with Crippen LogP contribution in [0.2, 0.25) is 0 Å². The van der Waals surface area contributed by atoms with Crippen molar-refractivity contribution in [3.63, 3.8) is 0 Å². The second-order valence-electron chi connectivity index (χ2n) is 9.87. The SMILES string of the molecule is Cl.O=C1CC[C@@H](c2ccc3nn([C@H]4CC[C@H](C(=O)N5CCC(C(=O)O)CC5)CC4)cc3c2)C(=O)N1. The van der Waals surface area contributed by atoms with Gasteiger partial charge in [0.2, 0.25) is 17.7 Å². The lowest BCUT2D eigenvalue weighted by Crippen LogP contribution is -2.43. The summed E-state index contributed by atoms with van der Waals surface area (Å²) in [7, 11) is 0. The molecule has 3 heterocycles. The molecule has 1 atom stereocenters. The number of carbonyl (C=O) groups is 4. The molecule has 1 aliphatic carbocycles. The van der Waals surface area contributed by atoms with E-state index in [4.69, 9.17) is 10.2 Å². The number of halogens is 1. The first-order valence-corrected chi connectivity index (χ1v) is 12.2. The predicted octanol–water partition coefficient (Wildman–Crippen LogP) is 3.03. The Hall–Kier alpha value is -2.94. The summed E-state index contributed by atoms with van der Waals surface area (Å²) in [5.74, 6) is -1.68. The summed E-state index contributed by atoms with van der Waals surface area (Å²) < 4.78 is 2.00. The van der Waals surface area contributed by atoms with E-state index in [1.807, 2.05) is 34.0 Å². The number of hydrogen-bond donors (Lipinski definition) is 2. The van der Waals surface area contributed by atoms with Crippen molar-refractivity contribution in [1.82, 2.24) is 20.0 Å². The van der Waals surface area contributed by atoms with Crippen LogP contribution in [0.15, 0.2) is 24.4 Å². The van der Waals surface area contributed by atoms with Crippen LogP contribution in [-0.2, 0) is 19.2 Å². The number of amides is 3. The van der Waals surface area contributed by atoms with Crippen LogP contribution < -0.4 is 5.32 Å². The van der Waals surface area contributed by atoms with Gasteiger partial charge in [0.05, 0.1) is 23.4 Å². The van der Waals surface area contributed by atoms with E-state index in [0.717, 1.165) is 42.1 Å². The monoisotopic (exact) mass is 502 g/mol. The van der Waals surface area contributed by atoms with Crippen LogP contribution in [0.3, 0.4) is 0 Å². The average Bonchev–Trinajstić information content (AvgIpc) is 3.27. The molecule has 188 valence electrons. The molecule has 1 saturated carbocycles. The van der Waals surface area contributed by atoms with Gasteiger partial charge in [0.15, 0.2) is 0 Å². The minimum Gasteiger partial charge on any atom is -0.481 e. The van der Waals surface area contributed by atoms with Gasteiger partial charge in [0.25, 0.3) is 0 Å². The molecule has 35 heavy (non-hydrogen) atoms. The number of likely N-dealkylation sites (tertiary alicyclic amines) is 1. The quantitative estimate of drug-likeness (QED) is 0.620. The van der Waals surface area contributed by atoms with E-state index in [0.29, 0.717) is 38.8 Å². The number of nitrogens with zero attached hydrogens (tertiary/aromatic N) is 3. The Balaban J connectivity index is 0.00000289. The van der Waals surface area contributed by atoms with Gasteiger partial charge in [-0.2, -0.15) is 5.10 Å². The third kappa shape index (κ3) is 5.19. The number of hydrogen-bond acceptors (Lipinski definition) is 5. The zero-order valence-corrected chi connectivity index (χ0v) is 20.3. The normalized spacial score (nSPS) is 25.7. The van der Waals surface area contributed by atoms with Crippen molar-refractivity contribution < 1.29 is 24.3 Å². The van der Waals surface area contributed by atoms with Gasteiger partial charge >= 0.3 is 5.97 Å². The van der Waals surface area contributed by atoms with Crippen LogP contribution in [0.1, 0.15) is 68.9 Å².